The molecule has 0 radical (unpaired) electrons. The fourth-order valence-electron chi connectivity index (χ4n) is 4.15. The summed E-state index contributed by atoms with van der Waals surface area (Å²) in [4.78, 5) is 16.5. The van der Waals surface area contributed by atoms with Gasteiger partial charge in [0.25, 0.3) is 0 Å². The highest BCUT2D eigenvalue weighted by Crippen LogP contribution is 2.49. The Kier molecular flexibility index (Phi) is 4.08. The lowest BCUT2D eigenvalue weighted by atomic mass is 9.86. The molecule has 2 aliphatic carbocycles. The normalized spacial score (nSPS) is 25.2. The predicted molar refractivity (Wildman–Crippen MR) is 89.7 cm³/mol. The number of hydrogen-bond acceptors (Lipinski definition) is 3. The number of thiazole rings is 1. The molecule has 0 aliphatic heterocycles. The largest absolute Gasteiger partial charge is 0.302 e. The van der Waals surface area contributed by atoms with Crippen LogP contribution in [0.15, 0.2) is 23.6 Å². The van der Waals surface area contributed by atoms with Gasteiger partial charge in [-0.3, -0.25) is 4.79 Å². The number of nitrogens with one attached hydrogen (secondary N) is 1. The van der Waals surface area contributed by atoms with Crippen molar-refractivity contribution >= 4 is 22.4 Å². The van der Waals surface area contributed by atoms with Crippen LogP contribution >= 0.6 is 11.3 Å². The van der Waals surface area contributed by atoms with Gasteiger partial charge in [-0.15, -0.1) is 11.3 Å². The van der Waals surface area contributed by atoms with E-state index in [0.29, 0.717) is 28.7 Å². The second kappa shape index (κ2) is 6.24. The Labute approximate surface area is 143 Å². The van der Waals surface area contributed by atoms with E-state index in [2.05, 4.69) is 10.3 Å². The molecular formula is C18H18F2N2OS. The first-order valence-electron chi connectivity index (χ1n) is 8.29. The van der Waals surface area contributed by atoms with Gasteiger partial charge in [0, 0.05) is 17.4 Å². The minimum Gasteiger partial charge on any atom is -0.302 e. The van der Waals surface area contributed by atoms with Gasteiger partial charge < -0.3 is 5.32 Å². The van der Waals surface area contributed by atoms with Gasteiger partial charge in [0.15, 0.2) is 16.8 Å². The Morgan fingerprint density at radius 2 is 2.12 bits per heavy atom. The van der Waals surface area contributed by atoms with E-state index in [-0.39, 0.29) is 5.91 Å². The minimum atomic E-state index is -0.901. The number of nitrogens with zero attached hydrogens (tertiary/aromatic N) is 1. The number of halogens is 2. The third-order valence-corrected chi connectivity index (χ3v) is 6.06. The zero-order valence-electron chi connectivity index (χ0n) is 13.1. The van der Waals surface area contributed by atoms with E-state index in [0.717, 1.165) is 24.0 Å². The molecule has 2 fully saturated rings. The quantitative estimate of drug-likeness (QED) is 0.858. The number of carbonyl (C=O) groups excluding carboxylic acids is 1. The smallest absolute Gasteiger partial charge is 0.226 e. The Bertz CT molecular complexity index is 776. The van der Waals surface area contributed by atoms with E-state index in [4.69, 9.17) is 0 Å². The number of rotatable bonds is 4. The SMILES string of the molecule is O=C(C[C@@H]1C[C@@H]2CC[C@@H]1C2)Nc1nc(-c2ccc(F)c(F)c2)cs1. The maximum Gasteiger partial charge on any atom is 0.226 e. The van der Waals surface area contributed by atoms with E-state index >= 15 is 0 Å². The van der Waals surface area contributed by atoms with Crippen molar-refractivity contribution < 1.29 is 13.6 Å². The van der Waals surface area contributed by atoms with Crippen LogP contribution in [0.2, 0.25) is 0 Å². The molecule has 24 heavy (non-hydrogen) atoms. The van der Waals surface area contributed by atoms with Crippen molar-refractivity contribution in [3.63, 3.8) is 0 Å². The summed E-state index contributed by atoms with van der Waals surface area (Å²) in [5, 5.41) is 5.08. The Morgan fingerprint density at radius 1 is 1.25 bits per heavy atom. The fraction of sp³-hybridized carbons (Fsp3) is 0.444. The molecule has 3 atom stereocenters. The molecule has 1 aromatic heterocycles. The van der Waals surface area contributed by atoms with Crippen LogP contribution in [0.25, 0.3) is 11.3 Å². The molecule has 2 saturated carbocycles. The van der Waals surface area contributed by atoms with Gasteiger partial charge in [-0.05, 0) is 55.2 Å². The first-order valence-corrected chi connectivity index (χ1v) is 9.17. The topological polar surface area (TPSA) is 42.0 Å². The van der Waals surface area contributed by atoms with Gasteiger partial charge in [0.05, 0.1) is 5.69 Å². The summed E-state index contributed by atoms with van der Waals surface area (Å²) in [5.74, 6) is 0.270. The number of aromatic nitrogens is 1. The molecule has 2 aliphatic rings. The summed E-state index contributed by atoms with van der Waals surface area (Å²) in [6, 6.07) is 3.68. The van der Waals surface area contributed by atoms with Crippen molar-refractivity contribution in [2.45, 2.75) is 32.1 Å². The van der Waals surface area contributed by atoms with Gasteiger partial charge >= 0.3 is 0 Å². The minimum absolute atomic E-state index is 0.00117. The third-order valence-electron chi connectivity index (χ3n) is 5.30. The van der Waals surface area contributed by atoms with Crippen molar-refractivity contribution in [1.29, 1.82) is 0 Å². The molecule has 1 aromatic carbocycles. The molecule has 3 nitrogen and oxygen atoms in total. The van der Waals surface area contributed by atoms with Crippen LogP contribution in [0.1, 0.15) is 32.1 Å². The van der Waals surface area contributed by atoms with E-state index in [9.17, 15) is 13.6 Å². The first kappa shape index (κ1) is 15.7. The monoisotopic (exact) mass is 348 g/mol. The molecule has 1 N–H and O–H groups in total. The molecule has 1 amide bonds. The van der Waals surface area contributed by atoms with Gasteiger partial charge in [0.1, 0.15) is 0 Å². The Hall–Kier alpha value is -1.82. The molecule has 1 heterocycles. The van der Waals surface area contributed by atoms with Gasteiger partial charge in [0.2, 0.25) is 5.91 Å². The first-order chi connectivity index (χ1) is 11.6. The molecule has 0 unspecified atom stereocenters. The van der Waals surface area contributed by atoms with Gasteiger partial charge in [-0.1, -0.05) is 6.42 Å². The number of benzene rings is 1. The van der Waals surface area contributed by atoms with Gasteiger partial charge in [-0.2, -0.15) is 0 Å². The van der Waals surface area contributed by atoms with Crippen molar-refractivity contribution in [1.82, 2.24) is 4.98 Å². The molecule has 0 spiro atoms. The summed E-state index contributed by atoms with van der Waals surface area (Å²) >= 11 is 1.30. The zero-order valence-corrected chi connectivity index (χ0v) is 13.9. The average molecular weight is 348 g/mol. The highest BCUT2D eigenvalue weighted by atomic mass is 32.1. The molecule has 0 saturated heterocycles. The van der Waals surface area contributed by atoms with Crippen molar-refractivity contribution in [3.05, 3.63) is 35.2 Å². The van der Waals surface area contributed by atoms with Crippen molar-refractivity contribution in [2.75, 3.05) is 5.32 Å². The third kappa shape index (κ3) is 3.07. The number of anilines is 1. The molecule has 2 bridgehead atoms. The summed E-state index contributed by atoms with van der Waals surface area (Å²) in [6.07, 6.45) is 5.61. The summed E-state index contributed by atoms with van der Waals surface area (Å²) in [7, 11) is 0. The summed E-state index contributed by atoms with van der Waals surface area (Å²) in [5.41, 5.74) is 1.04. The highest BCUT2D eigenvalue weighted by molar-refractivity contribution is 7.14. The van der Waals surface area contributed by atoms with Crippen LogP contribution < -0.4 is 5.32 Å². The van der Waals surface area contributed by atoms with Crippen molar-refractivity contribution in [2.24, 2.45) is 17.8 Å². The average Bonchev–Trinajstić information content (AvgIpc) is 3.26. The van der Waals surface area contributed by atoms with Crippen LogP contribution in [-0.2, 0) is 4.79 Å². The molecular weight excluding hydrogens is 330 g/mol. The lowest BCUT2D eigenvalue weighted by Gasteiger charge is -2.20. The Balaban J connectivity index is 1.39. The zero-order chi connectivity index (χ0) is 16.7. The van der Waals surface area contributed by atoms with E-state index in [1.54, 1.807) is 5.38 Å². The van der Waals surface area contributed by atoms with Crippen LogP contribution in [0.3, 0.4) is 0 Å². The van der Waals surface area contributed by atoms with E-state index in [1.807, 2.05) is 0 Å². The molecule has 2 aromatic rings. The predicted octanol–water partition coefficient (Wildman–Crippen LogP) is 4.85. The summed E-state index contributed by atoms with van der Waals surface area (Å²) < 4.78 is 26.3. The van der Waals surface area contributed by atoms with Crippen LogP contribution in [-0.4, -0.2) is 10.9 Å². The molecule has 126 valence electrons. The number of fused-ring (bicyclic) bond motifs is 2. The van der Waals surface area contributed by atoms with Crippen LogP contribution in [0.5, 0.6) is 0 Å². The second-order valence-corrected chi connectivity index (χ2v) is 7.71. The molecule has 4 rings (SSSR count). The lowest BCUT2D eigenvalue weighted by molar-refractivity contribution is -0.117. The van der Waals surface area contributed by atoms with Crippen LogP contribution in [0, 0.1) is 29.4 Å². The number of hydrogen-bond donors (Lipinski definition) is 1. The highest BCUT2D eigenvalue weighted by Gasteiger charge is 2.40. The lowest BCUT2D eigenvalue weighted by Crippen LogP contribution is -2.20. The fourth-order valence-corrected chi connectivity index (χ4v) is 4.89. The van der Waals surface area contributed by atoms with E-state index < -0.39 is 11.6 Å². The Morgan fingerprint density at radius 3 is 2.83 bits per heavy atom. The number of amides is 1. The maximum atomic E-state index is 13.3. The standard InChI is InChI=1S/C18H18F2N2OS/c19-14-4-3-12(7-15(14)20)16-9-24-18(21-16)22-17(23)8-13-6-10-1-2-11(13)5-10/h3-4,7,9-11,13H,1-2,5-6,8H2,(H,21,22,23)/t10-,11-,13+/m1/s1. The number of carbonyl (C=O) groups is 1. The van der Waals surface area contributed by atoms with Crippen LogP contribution in [0.4, 0.5) is 13.9 Å². The second-order valence-electron chi connectivity index (χ2n) is 6.85. The summed E-state index contributed by atoms with van der Waals surface area (Å²) in [6.45, 7) is 0. The molecule has 6 heteroatoms. The van der Waals surface area contributed by atoms with Crippen molar-refractivity contribution in [3.8, 4) is 11.3 Å². The van der Waals surface area contributed by atoms with E-state index in [1.165, 1.54) is 43.1 Å². The van der Waals surface area contributed by atoms with Gasteiger partial charge in [-0.25, -0.2) is 13.8 Å². The maximum absolute atomic E-state index is 13.3.